The van der Waals surface area contributed by atoms with E-state index in [0.717, 1.165) is 16.5 Å². The number of aromatic nitrogens is 4. The van der Waals surface area contributed by atoms with Gasteiger partial charge in [0.1, 0.15) is 12.2 Å². The zero-order valence-corrected chi connectivity index (χ0v) is 17.6. The highest BCUT2D eigenvalue weighted by Crippen LogP contribution is 2.29. The van der Waals surface area contributed by atoms with Gasteiger partial charge >= 0.3 is 0 Å². The van der Waals surface area contributed by atoms with Crippen molar-refractivity contribution in [3.05, 3.63) is 60.2 Å². The van der Waals surface area contributed by atoms with Crippen molar-refractivity contribution in [1.82, 2.24) is 25.1 Å². The van der Waals surface area contributed by atoms with Gasteiger partial charge in [0.2, 0.25) is 11.1 Å². The molecule has 0 radical (unpaired) electrons. The first-order chi connectivity index (χ1) is 14.6. The van der Waals surface area contributed by atoms with Crippen LogP contribution in [0.3, 0.4) is 0 Å². The molecule has 2 N–H and O–H groups in total. The van der Waals surface area contributed by atoms with E-state index in [2.05, 4.69) is 20.5 Å². The van der Waals surface area contributed by atoms with E-state index >= 15 is 0 Å². The van der Waals surface area contributed by atoms with Crippen molar-refractivity contribution >= 4 is 39.7 Å². The minimum atomic E-state index is -0.345. The number of carbonyl (C=O) groups excluding carboxylic acids is 1. The number of rotatable bonds is 7. The maximum Gasteiger partial charge on any atom is 0.234 e. The number of nitrogens with zero attached hydrogens (tertiary/aromatic N) is 4. The lowest BCUT2D eigenvalue weighted by atomic mass is 10.1. The van der Waals surface area contributed by atoms with Crippen molar-refractivity contribution in [2.75, 3.05) is 0 Å². The summed E-state index contributed by atoms with van der Waals surface area (Å²) >= 11 is 1.29. The molecule has 2 heterocycles. The van der Waals surface area contributed by atoms with Crippen molar-refractivity contribution in [3.8, 4) is 0 Å². The number of aliphatic hydroxyl groups is 1. The van der Waals surface area contributed by atoms with Gasteiger partial charge in [-0.25, -0.2) is 4.98 Å². The highest BCUT2D eigenvalue weighted by atomic mass is 32.2. The molecule has 0 aliphatic carbocycles. The largest absolute Gasteiger partial charge is 0.376 e. The van der Waals surface area contributed by atoms with Crippen LogP contribution >= 0.6 is 11.8 Å². The van der Waals surface area contributed by atoms with Crippen molar-refractivity contribution < 1.29 is 9.90 Å². The van der Waals surface area contributed by atoms with Gasteiger partial charge in [-0.1, -0.05) is 67.2 Å². The summed E-state index contributed by atoms with van der Waals surface area (Å²) in [6.07, 6.45) is 0.627. The number of nitrogens with one attached hydrogen (secondary N) is 1. The number of para-hydroxylation sites is 1. The molecule has 0 bridgehead atoms. The quantitative estimate of drug-likeness (QED) is 0.442. The van der Waals surface area contributed by atoms with Crippen LogP contribution in [0.25, 0.3) is 22.1 Å². The summed E-state index contributed by atoms with van der Waals surface area (Å²) in [6, 6.07) is 17.4. The van der Waals surface area contributed by atoms with Crippen LogP contribution in [-0.2, 0) is 11.5 Å². The Morgan fingerprint density at radius 3 is 2.60 bits per heavy atom. The molecule has 1 amide bonds. The molecule has 4 rings (SSSR count). The third-order valence-corrected chi connectivity index (χ3v) is 6.28. The third-order valence-electron chi connectivity index (χ3n) is 5.07. The molecule has 154 valence electrons. The second kappa shape index (κ2) is 8.81. The van der Waals surface area contributed by atoms with Gasteiger partial charge < -0.3 is 15.0 Å². The van der Waals surface area contributed by atoms with E-state index in [4.69, 9.17) is 0 Å². The summed E-state index contributed by atoms with van der Waals surface area (Å²) in [5.74, 6) is -0.0646. The van der Waals surface area contributed by atoms with E-state index in [-0.39, 0.29) is 23.9 Å². The Morgan fingerprint density at radius 1 is 1.13 bits per heavy atom. The zero-order valence-electron chi connectivity index (χ0n) is 16.8. The third kappa shape index (κ3) is 3.88. The molecule has 0 saturated heterocycles. The lowest BCUT2D eigenvalue weighted by molar-refractivity contribution is -0.121. The summed E-state index contributed by atoms with van der Waals surface area (Å²) in [5.41, 5.74) is 3.10. The second-order valence-electron chi connectivity index (χ2n) is 7.01. The zero-order chi connectivity index (χ0) is 21.1. The Hall–Kier alpha value is -2.97. The van der Waals surface area contributed by atoms with E-state index in [1.807, 2.05) is 68.4 Å². The molecule has 2 atom stereocenters. The first-order valence-corrected chi connectivity index (χ1v) is 10.7. The number of aliphatic hydroxyl groups excluding tert-OH is 1. The highest BCUT2D eigenvalue weighted by Gasteiger charge is 2.23. The molecule has 7 nitrogen and oxygen atoms in total. The molecule has 2 aromatic carbocycles. The van der Waals surface area contributed by atoms with Crippen LogP contribution in [0, 0.1) is 0 Å². The first kappa shape index (κ1) is 20.3. The number of thioether (sulfide) groups is 1. The van der Waals surface area contributed by atoms with Crippen LogP contribution < -0.4 is 5.32 Å². The van der Waals surface area contributed by atoms with Gasteiger partial charge in [0.25, 0.3) is 0 Å². The van der Waals surface area contributed by atoms with E-state index in [0.29, 0.717) is 22.7 Å². The fourth-order valence-corrected chi connectivity index (χ4v) is 4.29. The molecular weight excluding hydrogens is 398 g/mol. The molecule has 0 saturated carbocycles. The smallest absolute Gasteiger partial charge is 0.234 e. The fraction of sp³-hybridized carbons (Fsp3) is 0.273. The number of hydrogen-bond acceptors (Lipinski definition) is 6. The summed E-state index contributed by atoms with van der Waals surface area (Å²) in [4.78, 5) is 17.4. The fourth-order valence-electron chi connectivity index (χ4n) is 3.46. The number of benzene rings is 2. The number of amides is 1. The topological polar surface area (TPSA) is 92.9 Å². The Labute approximate surface area is 178 Å². The van der Waals surface area contributed by atoms with Crippen LogP contribution in [0.4, 0.5) is 0 Å². The Morgan fingerprint density at radius 2 is 1.87 bits per heavy atom. The standard InChI is InChI=1S/C22H23N5O2S/c1-3-18(21(29)23-14(2)15-9-5-4-6-10-15)30-22-24-20-19(25-26-22)16-11-7-8-12-17(16)27(20)13-28/h4-12,14,18,28H,3,13H2,1-2H3,(H,23,29). The molecule has 0 spiro atoms. The summed E-state index contributed by atoms with van der Waals surface area (Å²) < 4.78 is 1.70. The minimum absolute atomic E-state index is 0.0646. The van der Waals surface area contributed by atoms with Gasteiger partial charge in [-0.05, 0) is 25.0 Å². The van der Waals surface area contributed by atoms with Crippen LogP contribution in [0.2, 0.25) is 0 Å². The number of hydrogen-bond donors (Lipinski definition) is 2. The Bertz CT molecular complexity index is 1180. The molecule has 0 aliphatic rings. The lowest BCUT2D eigenvalue weighted by Crippen LogP contribution is -2.34. The van der Waals surface area contributed by atoms with Gasteiger partial charge in [0, 0.05) is 5.39 Å². The molecule has 0 aliphatic heterocycles. The molecule has 4 aromatic rings. The van der Waals surface area contributed by atoms with Crippen molar-refractivity contribution in [2.24, 2.45) is 0 Å². The lowest BCUT2D eigenvalue weighted by Gasteiger charge is -2.18. The van der Waals surface area contributed by atoms with Crippen molar-refractivity contribution in [3.63, 3.8) is 0 Å². The van der Waals surface area contributed by atoms with Crippen LogP contribution in [0.1, 0.15) is 31.9 Å². The van der Waals surface area contributed by atoms with Crippen LogP contribution in [0.15, 0.2) is 59.8 Å². The predicted molar refractivity (Wildman–Crippen MR) is 118 cm³/mol. The Balaban J connectivity index is 1.57. The second-order valence-corrected chi connectivity index (χ2v) is 8.18. The molecular formula is C22H23N5O2S. The van der Waals surface area contributed by atoms with Crippen molar-refractivity contribution in [2.45, 2.75) is 43.4 Å². The van der Waals surface area contributed by atoms with Gasteiger partial charge in [0.15, 0.2) is 5.65 Å². The van der Waals surface area contributed by atoms with E-state index in [1.165, 1.54) is 11.8 Å². The maximum absolute atomic E-state index is 12.8. The first-order valence-electron chi connectivity index (χ1n) is 9.86. The summed E-state index contributed by atoms with van der Waals surface area (Å²) in [5, 5.41) is 22.4. The highest BCUT2D eigenvalue weighted by molar-refractivity contribution is 8.00. The molecule has 2 aromatic heterocycles. The normalized spacial score (nSPS) is 13.4. The monoisotopic (exact) mass is 421 g/mol. The Kier molecular flexibility index (Phi) is 5.96. The van der Waals surface area contributed by atoms with Gasteiger partial charge in [-0.2, -0.15) is 0 Å². The van der Waals surface area contributed by atoms with Crippen LogP contribution in [0.5, 0.6) is 0 Å². The average Bonchev–Trinajstić information content (AvgIpc) is 3.10. The molecule has 2 unspecified atom stereocenters. The van der Waals surface area contributed by atoms with E-state index in [1.54, 1.807) is 4.57 Å². The SMILES string of the molecule is CCC(Sc1nnc2c3ccccc3n(CO)c2n1)C(=O)NC(C)c1ccccc1. The summed E-state index contributed by atoms with van der Waals surface area (Å²) in [7, 11) is 0. The number of carbonyl (C=O) groups is 1. The van der Waals surface area contributed by atoms with E-state index < -0.39 is 0 Å². The summed E-state index contributed by atoms with van der Waals surface area (Å²) in [6.45, 7) is 3.72. The molecule has 30 heavy (non-hydrogen) atoms. The maximum atomic E-state index is 12.8. The van der Waals surface area contributed by atoms with Gasteiger partial charge in [-0.3, -0.25) is 4.79 Å². The molecule has 0 fully saturated rings. The predicted octanol–water partition coefficient (Wildman–Crippen LogP) is 3.68. The van der Waals surface area contributed by atoms with Crippen LogP contribution in [-0.4, -0.2) is 36.0 Å². The van der Waals surface area contributed by atoms with E-state index in [9.17, 15) is 9.90 Å². The minimum Gasteiger partial charge on any atom is -0.376 e. The van der Waals surface area contributed by atoms with Gasteiger partial charge in [-0.15, -0.1) is 10.2 Å². The number of fused-ring (bicyclic) bond motifs is 3. The average molecular weight is 422 g/mol. The van der Waals surface area contributed by atoms with Crippen molar-refractivity contribution in [1.29, 1.82) is 0 Å². The molecule has 8 heteroatoms. The van der Waals surface area contributed by atoms with Gasteiger partial charge in [0.05, 0.1) is 16.8 Å².